The number of anilines is 1. The van der Waals surface area contributed by atoms with Gasteiger partial charge in [0.2, 0.25) is 5.91 Å². The maximum Gasteiger partial charge on any atom is 0.291 e. The van der Waals surface area contributed by atoms with Gasteiger partial charge in [0.1, 0.15) is 17.4 Å². The van der Waals surface area contributed by atoms with E-state index in [0.29, 0.717) is 36.4 Å². The van der Waals surface area contributed by atoms with E-state index in [0.717, 1.165) is 18.6 Å². The van der Waals surface area contributed by atoms with Crippen molar-refractivity contribution >= 4 is 28.2 Å². The van der Waals surface area contributed by atoms with Crippen LogP contribution in [0, 0.1) is 20.8 Å². The molecule has 1 aliphatic rings. The van der Waals surface area contributed by atoms with Crippen molar-refractivity contribution in [3.63, 3.8) is 0 Å². The quantitative estimate of drug-likeness (QED) is 0.479. The average Bonchev–Trinajstić information content (AvgIpc) is 3.41. The second kappa shape index (κ2) is 8.10. The van der Waals surface area contributed by atoms with Crippen LogP contribution in [-0.4, -0.2) is 51.2 Å². The van der Waals surface area contributed by atoms with Gasteiger partial charge in [-0.25, -0.2) is 4.68 Å². The molecule has 172 valence electrons. The van der Waals surface area contributed by atoms with Gasteiger partial charge in [-0.15, -0.1) is 0 Å². The third-order valence-electron chi connectivity index (χ3n) is 6.69. The van der Waals surface area contributed by atoms with Gasteiger partial charge >= 0.3 is 0 Å². The van der Waals surface area contributed by atoms with E-state index < -0.39 is 6.04 Å². The molecular formula is C25H29N5O3. The van der Waals surface area contributed by atoms with Crippen molar-refractivity contribution in [2.24, 2.45) is 0 Å². The van der Waals surface area contributed by atoms with Crippen LogP contribution >= 0.6 is 0 Å². The lowest BCUT2D eigenvalue weighted by atomic mass is 10.1. The predicted octanol–water partition coefficient (Wildman–Crippen LogP) is 3.47. The molecule has 1 fully saturated rings. The highest BCUT2D eigenvalue weighted by Gasteiger charge is 2.30. The topological polar surface area (TPSA) is 76.0 Å². The van der Waals surface area contributed by atoms with Gasteiger partial charge in [-0.1, -0.05) is 19.1 Å². The largest absolute Gasteiger partial charge is 0.463 e. The Morgan fingerprint density at radius 2 is 1.82 bits per heavy atom. The van der Waals surface area contributed by atoms with E-state index in [-0.39, 0.29) is 11.5 Å². The predicted molar refractivity (Wildman–Crippen MR) is 128 cm³/mol. The summed E-state index contributed by atoms with van der Waals surface area (Å²) in [5.74, 6) is 0.596. The average molecular weight is 448 g/mol. The summed E-state index contributed by atoms with van der Waals surface area (Å²) in [5, 5.41) is 4.54. The highest BCUT2D eigenvalue weighted by Crippen LogP contribution is 2.25. The third-order valence-corrected chi connectivity index (χ3v) is 6.69. The number of aromatic nitrogens is 3. The Morgan fingerprint density at radius 3 is 2.55 bits per heavy atom. The van der Waals surface area contributed by atoms with Crippen LogP contribution in [0.1, 0.15) is 36.3 Å². The monoisotopic (exact) mass is 447 g/mol. The van der Waals surface area contributed by atoms with Gasteiger partial charge in [0.15, 0.2) is 5.58 Å². The van der Waals surface area contributed by atoms with E-state index in [2.05, 4.69) is 42.0 Å². The van der Waals surface area contributed by atoms with Crippen LogP contribution in [0.25, 0.3) is 16.6 Å². The molecule has 0 bridgehead atoms. The van der Waals surface area contributed by atoms with E-state index in [1.807, 2.05) is 24.8 Å². The molecule has 1 atom stereocenters. The zero-order valence-electron chi connectivity index (χ0n) is 19.5. The smallest absolute Gasteiger partial charge is 0.291 e. The van der Waals surface area contributed by atoms with E-state index in [1.54, 1.807) is 16.7 Å². The first-order valence-electron chi connectivity index (χ1n) is 11.5. The first kappa shape index (κ1) is 21.3. The number of aryl methyl sites for hydroxylation is 3. The number of carbonyl (C=O) groups is 1. The zero-order chi connectivity index (χ0) is 23.3. The van der Waals surface area contributed by atoms with Crippen LogP contribution in [0.3, 0.4) is 0 Å². The van der Waals surface area contributed by atoms with E-state index in [9.17, 15) is 9.59 Å². The summed E-state index contributed by atoms with van der Waals surface area (Å²) in [7, 11) is 0. The van der Waals surface area contributed by atoms with Gasteiger partial charge < -0.3 is 14.2 Å². The lowest BCUT2D eigenvalue weighted by molar-refractivity contribution is -0.135. The SMILES string of the molecule is CC[C@H](C(=O)N1CCN(c2cc(C)ccc2C)CC1)n1nc(C)n2c(cc3occc32)c1=O. The Hall–Kier alpha value is -3.55. The number of rotatable bonds is 4. The molecule has 1 saturated heterocycles. The summed E-state index contributed by atoms with van der Waals surface area (Å²) in [6.07, 6.45) is 2.09. The number of benzene rings is 1. The lowest BCUT2D eigenvalue weighted by Crippen LogP contribution is -2.51. The molecule has 0 saturated carbocycles. The summed E-state index contributed by atoms with van der Waals surface area (Å²) in [6, 6.07) is 9.38. The summed E-state index contributed by atoms with van der Waals surface area (Å²) in [6.45, 7) is 10.8. The summed E-state index contributed by atoms with van der Waals surface area (Å²) >= 11 is 0. The first-order valence-corrected chi connectivity index (χ1v) is 11.5. The number of carbonyl (C=O) groups excluding carboxylic acids is 1. The molecular weight excluding hydrogens is 418 g/mol. The molecule has 0 radical (unpaired) electrons. The van der Waals surface area contributed by atoms with Crippen LogP contribution in [0.15, 0.2) is 45.8 Å². The third kappa shape index (κ3) is 3.50. The number of piperazine rings is 1. The summed E-state index contributed by atoms with van der Waals surface area (Å²) in [5.41, 5.74) is 5.34. The van der Waals surface area contributed by atoms with E-state index in [4.69, 9.17) is 4.42 Å². The Morgan fingerprint density at radius 1 is 1.06 bits per heavy atom. The van der Waals surface area contributed by atoms with Crippen LogP contribution in [0.2, 0.25) is 0 Å². The minimum Gasteiger partial charge on any atom is -0.463 e. The van der Waals surface area contributed by atoms with Crippen molar-refractivity contribution in [3.05, 3.63) is 63.9 Å². The van der Waals surface area contributed by atoms with E-state index in [1.165, 1.54) is 21.5 Å². The Kier molecular flexibility index (Phi) is 5.23. The molecule has 1 amide bonds. The maximum atomic E-state index is 13.5. The molecule has 4 heterocycles. The number of hydrogen-bond acceptors (Lipinski definition) is 5. The molecule has 1 aliphatic heterocycles. The minimum atomic E-state index is -0.630. The standard InChI is InChI=1S/C25H29N5O3/c1-5-19(30-25(32)22-15-23-20(8-13-33-23)29(22)18(4)26-30)24(31)28-11-9-27(10-12-28)21-14-16(2)6-7-17(21)3/h6-8,13-15,19H,5,9-12H2,1-4H3/t19-/m1/s1. The number of fused-ring (bicyclic) bond motifs is 3. The molecule has 0 aliphatic carbocycles. The Bertz CT molecular complexity index is 1400. The van der Waals surface area contributed by atoms with Gasteiger partial charge in [-0.2, -0.15) is 5.10 Å². The Balaban J connectivity index is 1.40. The molecule has 1 aromatic carbocycles. The molecule has 0 N–H and O–H groups in total. The fourth-order valence-electron chi connectivity index (χ4n) is 4.90. The first-order chi connectivity index (χ1) is 15.9. The summed E-state index contributed by atoms with van der Waals surface area (Å²) < 4.78 is 8.62. The van der Waals surface area contributed by atoms with Gasteiger partial charge in [-0.05, 0) is 44.4 Å². The maximum absolute atomic E-state index is 13.5. The number of furan rings is 1. The second-order valence-electron chi connectivity index (χ2n) is 8.86. The zero-order valence-corrected chi connectivity index (χ0v) is 19.5. The van der Waals surface area contributed by atoms with Crippen LogP contribution < -0.4 is 10.5 Å². The van der Waals surface area contributed by atoms with Crippen molar-refractivity contribution in [3.8, 4) is 0 Å². The normalized spacial score (nSPS) is 15.5. The number of amides is 1. The fraction of sp³-hybridized carbons (Fsp3) is 0.400. The summed E-state index contributed by atoms with van der Waals surface area (Å²) in [4.78, 5) is 31.0. The van der Waals surface area contributed by atoms with Gasteiger partial charge in [0, 0.05) is 44.0 Å². The molecule has 4 aromatic rings. The van der Waals surface area contributed by atoms with Crippen LogP contribution in [-0.2, 0) is 4.79 Å². The van der Waals surface area contributed by atoms with E-state index >= 15 is 0 Å². The lowest BCUT2D eigenvalue weighted by Gasteiger charge is -2.38. The minimum absolute atomic E-state index is 0.0493. The van der Waals surface area contributed by atoms with Crippen molar-refractivity contribution in [1.29, 1.82) is 0 Å². The molecule has 8 nitrogen and oxygen atoms in total. The van der Waals surface area contributed by atoms with Crippen molar-refractivity contribution in [2.45, 2.75) is 40.2 Å². The van der Waals surface area contributed by atoms with Gasteiger partial charge in [0.05, 0.1) is 11.8 Å². The van der Waals surface area contributed by atoms with Gasteiger partial charge in [0.25, 0.3) is 5.56 Å². The van der Waals surface area contributed by atoms with Crippen molar-refractivity contribution < 1.29 is 9.21 Å². The number of nitrogens with zero attached hydrogens (tertiary/aromatic N) is 5. The Labute approximate surface area is 192 Å². The highest BCUT2D eigenvalue weighted by atomic mass is 16.3. The van der Waals surface area contributed by atoms with Crippen molar-refractivity contribution in [1.82, 2.24) is 19.1 Å². The molecule has 3 aromatic heterocycles. The van der Waals surface area contributed by atoms with Gasteiger partial charge in [-0.3, -0.25) is 14.0 Å². The molecule has 0 unspecified atom stereocenters. The number of hydrogen-bond donors (Lipinski definition) is 0. The molecule has 33 heavy (non-hydrogen) atoms. The van der Waals surface area contributed by atoms with Crippen LogP contribution in [0.5, 0.6) is 0 Å². The fourth-order valence-corrected chi connectivity index (χ4v) is 4.90. The molecule has 8 heteroatoms. The molecule has 5 rings (SSSR count). The van der Waals surface area contributed by atoms with Crippen molar-refractivity contribution in [2.75, 3.05) is 31.1 Å². The highest BCUT2D eigenvalue weighted by molar-refractivity contribution is 5.83. The second-order valence-corrected chi connectivity index (χ2v) is 8.86. The van der Waals surface area contributed by atoms with Crippen LogP contribution in [0.4, 0.5) is 5.69 Å². The molecule has 0 spiro atoms.